The minimum absolute atomic E-state index is 0.826. The number of hydrogen-bond acceptors (Lipinski definition) is 2. The summed E-state index contributed by atoms with van der Waals surface area (Å²) in [6, 6.07) is 2.05. The molecule has 3 nitrogen and oxygen atoms in total. The van der Waals surface area contributed by atoms with Gasteiger partial charge in [0, 0.05) is 12.7 Å². The van der Waals surface area contributed by atoms with Gasteiger partial charge in [0.1, 0.15) is 0 Å². The van der Waals surface area contributed by atoms with Crippen LogP contribution in [0.5, 0.6) is 0 Å². The van der Waals surface area contributed by atoms with Crippen LogP contribution in [-0.4, -0.2) is 14.5 Å². The van der Waals surface area contributed by atoms with Crippen LogP contribution in [0.15, 0.2) is 18.5 Å². The number of imidazole rings is 1. The van der Waals surface area contributed by atoms with Gasteiger partial charge in [-0.15, -0.1) is 0 Å². The Labute approximate surface area is 119 Å². The van der Waals surface area contributed by atoms with E-state index < -0.39 is 0 Å². The lowest BCUT2D eigenvalue weighted by molar-refractivity contribution is 0.261. The molecule has 0 spiro atoms. The van der Waals surface area contributed by atoms with E-state index in [1.807, 2.05) is 18.5 Å². The molecule has 3 rings (SSSR count). The van der Waals surface area contributed by atoms with E-state index in [1.165, 1.54) is 37.6 Å². The minimum Gasteiger partial charge on any atom is -0.329 e. The molecule has 1 saturated carbocycles. The van der Waals surface area contributed by atoms with Crippen molar-refractivity contribution < 1.29 is 0 Å². The monoisotopic (exact) mass is 275 g/mol. The van der Waals surface area contributed by atoms with Gasteiger partial charge in [0.15, 0.2) is 4.77 Å². The summed E-state index contributed by atoms with van der Waals surface area (Å²) in [5.74, 6) is 1.77. The van der Waals surface area contributed by atoms with Crippen LogP contribution in [0, 0.1) is 16.6 Å². The molecule has 0 amide bonds. The van der Waals surface area contributed by atoms with E-state index in [-0.39, 0.29) is 0 Å². The molecule has 2 aromatic heterocycles. The number of nitrogens with one attached hydrogen (secondary N) is 1. The molecule has 2 heterocycles. The van der Waals surface area contributed by atoms with Crippen molar-refractivity contribution in [2.75, 3.05) is 0 Å². The van der Waals surface area contributed by atoms with Crippen LogP contribution in [0.4, 0.5) is 0 Å². The van der Waals surface area contributed by atoms with Crippen molar-refractivity contribution in [3.63, 3.8) is 0 Å². The van der Waals surface area contributed by atoms with Crippen molar-refractivity contribution in [3.8, 4) is 0 Å². The standard InChI is InChI=1S/C15H21N3S/c1-11-3-2-4-12(9-11)6-8-18-14-5-7-16-10-13(14)17-15(18)19/h5,7,10-12H,2-4,6,8-9H2,1H3,(H,17,19). The van der Waals surface area contributed by atoms with Crippen molar-refractivity contribution in [2.24, 2.45) is 11.8 Å². The second kappa shape index (κ2) is 5.45. The third kappa shape index (κ3) is 2.73. The minimum atomic E-state index is 0.826. The van der Waals surface area contributed by atoms with E-state index in [9.17, 15) is 0 Å². The predicted molar refractivity (Wildman–Crippen MR) is 80.7 cm³/mol. The Morgan fingerprint density at radius 3 is 3.21 bits per heavy atom. The fraction of sp³-hybridized carbons (Fsp3) is 0.600. The lowest BCUT2D eigenvalue weighted by Gasteiger charge is -2.26. The molecule has 1 aliphatic rings. The van der Waals surface area contributed by atoms with E-state index >= 15 is 0 Å². The molecule has 19 heavy (non-hydrogen) atoms. The molecule has 0 aromatic carbocycles. The van der Waals surface area contributed by atoms with Crippen LogP contribution in [0.25, 0.3) is 11.0 Å². The second-order valence-corrected chi connectivity index (χ2v) is 6.29. The average molecular weight is 275 g/mol. The highest BCUT2D eigenvalue weighted by Crippen LogP contribution is 2.31. The summed E-state index contributed by atoms with van der Waals surface area (Å²) in [6.07, 6.45) is 10.5. The summed E-state index contributed by atoms with van der Waals surface area (Å²) in [5, 5.41) is 0. The quantitative estimate of drug-likeness (QED) is 0.847. The SMILES string of the molecule is CC1CCCC(CCn2c(=S)[nH]c3cnccc32)C1. The Morgan fingerprint density at radius 1 is 1.47 bits per heavy atom. The fourth-order valence-electron chi connectivity index (χ4n) is 3.37. The number of H-pyrrole nitrogens is 1. The van der Waals surface area contributed by atoms with Gasteiger partial charge >= 0.3 is 0 Å². The van der Waals surface area contributed by atoms with Gasteiger partial charge in [-0.3, -0.25) is 4.98 Å². The van der Waals surface area contributed by atoms with Gasteiger partial charge in [0.25, 0.3) is 0 Å². The molecule has 0 bridgehead atoms. The summed E-state index contributed by atoms with van der Waals surface area (Å²) in [6.45, 7) is 3.41. The molecule has 1 fully saturated rings. The molecule has 2 atom stereocenters. The van der Waals surface area contributed by atoms with Gasteiger partial charge in [-0.1, -0.05) is 26.2 Å². The molecule has 1 aliphatic carbocycles. The van der Waals surface area contributed by atoms with Crippen LogP contribution < -0.4 is 0 Å². The van der Waals surface area contributed by atoms with Crippen LogP contribution in [-0.2, 0) is 6.54 Å². The first kappa shape index (κ1) is 12.9. The Bertz CT molecular complexity index is 613. The smallest absolute Gasteiger partial charge is 0.178 e. The molecule has 2 unspecified atom stereocenters. The predicted octanol–water partition coefficient (Wildman–Crippen LogP) is 4.31. The van der Waals surface area contributed by atoms with Crippen LogP contribution >= 0.6 is 12.2 Å². The molecule has 102 valence electrons. The molecule has 2 aromatic rings. The number of aryl methyl sites for hydroxylation is 1. The summed E-state index contributed by atoms with van der Waals surface area (Å²) in [4.78, 5) is 7.38. The van der Waals surface area contributed by atoms with Gasteiger partial charge in [-0.25, -0.2) is 0 Å². The van der Waals surface area contributed by atoms with E-state index in [4.69, 9.17) is 12.2 Å². The van der Waals surface area contributed by atoms with Crippen molar-refractivity contribution in [1.82, 2.24) is 14.5 Å². The van der Waals surface area contributed by atoms with Crippen LogP contribution in [0.2, 0.25) is 0 Å². The van der Waals surface area contributed by atoms with E-state index in [0.717, 1.165) is 28.7 Å². The highest BCUT2D eigenvalue weighted by atomic mass is 32.1. The van der Waals surface area contributed by atoms with Crippen molar-refractivity contribution in [1.29, 1.82) is 0 Å². The van der Waals surface area contributed by atoms with E-state index in [1.54, 1.807) is 0 Å². The number of aromatic amines is 1. The lowest BCUT2D eigenvalue weighted by Crippen LogP contribution is -2.15. The molecule has 0 aliphatic heterocycles. The maximum Gasteiger partial charge on any atom is 0.178 e. The van der Waals surface area contributed by atoms with Crippen molar-refractivity contribution >= 4 is 23.3 Å². The molecule has 1 N–H and O–H groups in total. The van der Waals surface area contributed by atoms with Crippen molar-refractivity contribution in [2.45, 2.75) is 45.6 Å². The largest absolute Gasteiger partial charge is 0.329 e. The zero-order valence-electron chi connectivity index (χ0n) is 11.4. The van der Waals surface area contributed by atoms with E-state index in [0.29, 0.717) is 0 Å². The average Bonchev–Trinajstić information content (AvgIpc) is 2.72. The summed E-state index contributed by atoms with van der Waals surface area (Å²) in [7, 11) is 0. The first-order chi connectivity index (χ1) is 9.24. The summed E-state index contributed by atoms with van der Waals surface area (Å²) < 4.78 is 3.05. The number of fused-ring (bicyclic) bond motifs is 1. The molecular weight excluding hydrogens is 254 g/mol. The number of rotatable bonds is 3. The first-order valence-electron chi connectivity index (χ1n) is 7.26. The zero-order valence-corrected chi connectivity index (χ0v) is 12.2. The molecule has 0 saturated heterocycles. The Kier molecular flexibility index (Phi) is 3.69. The van der Waals surface area contributed by atoms with Gasteiger partial charge < -0.3 is 9.55 Å². The van der Waals surface area contributed by atoms with Gasteiger partial charge in [0.05, 0.1) is 17.2 Å². The second-order valence-electron chi connectivity index (χ2n) is 5.90. The number of pyridine rings is 1. The highest BCUT2D eigenvalue weighted by molar-refractivity contribution is 7.71. The molecule has 0 radical (unpaired) electrons. The first-order valence-corrected chi connectivity index (χ1v) is 7.67. The molecule has 4 heteroatoms. The van der Waals surface area contributed by atoms with Crippen molar-refractivity contribution in [3.05, 3.63) is 23.2 Å². The number of aromatic nitrogens is 3. The summed E-state index contributed by atoms with van der Waals surface area (Å²) in [5.41, 5.74) is 2.23. The Hall–Kier alpha value is -1.16. The highest BCUT2D eigenvalue weighted by Gasteiger charge is 2.18. The molecular formula is C15H21N3S. The normalized spacial score (nSPS) is 23.8. The van der Waals surface area contributed by atoms with Gasteiger partial charge in [-0.05, 0) is 43.0 Å². The Morgan fingerprint density at radius 2 is 2.37 bits per heavy atom. The van der Waals surface area contributed by atoms with Gasteiger partial charge in [0.2, 0.25) is 0 Å². The van der Waals surface area contributed by atoms with E-state index in [2.05, 4.69) is 21.5 Å². The maximum absolute atomic E-state index is 5.42. The van der Waals surface area contributed by atoms with Gasteiger partial charge in [-0.2, -0.15) is 0 Å². The number of nitrogens with zero attached hydrogens (tertiary/aromatic N) is 2. The third-order valence-electron chi connectivity index (χ3n) is 4.38. The third-order valence-corrected chi connectivity index (χ3v) is 4.70. The Balaban J connectivity index is 1.75. The topological polar surface area (TPSA) is 33.6 Å². The van der Waals surface area contributed by atoms with Crippen LogP contribution in [0.1, 0.15) is 39.0 Å². The zero-order chi connectivity index (χ0) is 13.2. The van der Waals surface area contributed by atoms with Crippen LogP contribution in [0.3, 0.4) is 0 Å². The summed E-state index contributed by atoms with van der Waals surface area (Å²) >= 11 is 5.42. The maximum atomic E-state index is 5.42. The lowest BCUT2D eigenvalue weighted by atomic mass is 9.81. The number of hydrogen-bond donors (Lipinski definition) is 1. The fourth-order valence-corrected chi connectivity index (χ4v) is 3.67.